The van der Waals surface area contributed by atoms with Crippen LogP contribution in [0.25, 0.3) is 0 Å². The number of rotatable bonds is 0. The molecule has 0 bridgehead atoms. The topological polar surface area (TPSA) is 167 Å². The number of hydrogen-bond donors (Lipinski definition) is 0. The Morgan fingerprint density at radius 1 is 0.833 bits per heavy atom. The van der Waals surface area contributed by atoms with Gasteiger partial charge in [0.1, 0.15) is 0 Å². The van der Waals surface area contributed by atoms with Crippen molar-refractivity contribution in [3.63, 3.8) is 0 Å². The molecule has 0 aliphatic rings. The third-order valence-electron chi connectivity index (χ3n) is 0. The first kappa shape index (κ1) is 22.6. The summed E-state index contributed by atoms with van der Waals surface area (Å²) >= 11 is 0. The van der Waals surface area contributed by atoms with Crippen LogP contribution in [0.2, 0.25) is 0 Å². The van der Waals surface area contributed by atoms with Gasteiger partial charge in [0.2, 0.25) is 0 Å². The van der Waals surface area contributed by atoms with Gasteiger partial charge in [-0.3, -0.25) is 8.92 Å². The molecule has 12 heteroatoms. The minimum absolute atomic E-state index is 0. The van der Waals surface area contributed by atoms with Crippen LogP contribution in [0.4, 0.5) is 0 Å². The largest absolute Gasteiger partial charge is 2.00 e. The maximum absolute atomic E-state index is 8.40. The maximum atomic E-state index is 8.40. The van der Waals surface area contributed by atoms with E-state index in [1.54, 1.807) is 0 Å². The average Bonchev–Trinajstić information content (AvgIpc) is 1.60. The van der Waals surface area contributed by atoms with Crippen LogP contribution in [-0.2, 0) is 8.92 Å². The molecule has 0 aromatic rings. The van der Waals surface area contributed by atoms with Crippen molar-refractivity contribution < 1.29 is 19.1 Å². The molecule has 0 spiro atoms. The van der Waals surface area contributed by atoms with Gasteiger partial charge >= 0.3 is 58.2 Å². The van der Waals surface area contributed by atoms with Gasteiger partial charge in [0.15, 0.2) is 0 Å². The van der Waals surface area contributed by atoms with Crippen LogP contribution in [-0.4, -0.2) is 68.3 Å². The fraction of sp³-hybridized carbons (Fsp3) is 0. The van der Waals surface area contributed by atoms with Crippen molar-refractivity contribution >= 4 is 58.2 Å². The zero-order valence-corrected chi connectivity index (χ0v) is 10.8. The van der Waals surface area contributed by atoms with E-state index < -0.39 is 19.5 Å². The van der Waals surface area contributed by atoms with E-state index in [1.807, 2.05) is 0 Å². The Hall–Kier alpha value is -0.212. The molecule has 0 atom stereocenters. The van der Waals surface area contributed by atoms with Gasteiger partial charge in [-0.1, -0.05) is 0 Å². The van der Waals surface area contributed by atoms with Crippen molar-refractivity contribution in [1.82, 2.24) is 0 Å². The van der Waals surface area contributed by atoms with E-state index in [2.05, 4.69) is 0 Å². The van der Waals surface area contributed by atoms with Gasteiger partial charge in [0.25, 0.3) is 0 Å². The molecule has 0 aromatic heterocycles. The summed E-state index contributed by atoms with van der Waals surface area (Å²) < 4.78 is 16.8. The minimum atomic E-state index is -1.75. The molecular weight excluding hydrogens is 321 g/mol. The molecule has 0 aliphatic carbocycles. The quantitative estimate of drug-likeness (QED) is 0.296. The monoisotopic (exact) mass is 322 g/mol. The molecular formula is BaN2O8Si. The summed E-state index contributed by atoms with van der Waals surface area (Å²) in [6.07, 6.45) is 0. The Kier molecular flexibility index (Phi) is 42.3. The third-order valence-corrected chi connectivity index (χ3v) is 0. The summed E-state index contributed by atoms with van der Waals surface area (Å²) in [4.78, 5) is 16.5. The van der Waals surface area contributed by atoms with Gasteiger partial charge in [-0.05, 0) is 0 Å². The molecule has 0 radical (unpaired) electrons. The second-order valence-electron chi connectivity index (χ2n) is 0.531. The summed E-state index contributed by atoms with van der Waals surface area (Å²) in [5, 5.41) is 29.5. The van der Waals surface area contributed by atoms with Gasteiger partial charge in [-0.2, -0.15) is 0 Å². The molecule has 0 N–H and O–H groups in total. The summed E-state index contributed by atoms with van der Waals surface area (Å²) in [6, 6.07) is 0. The Morgan fingerprint density at radius 2 is 0.833 bits per heavy atom. The van der Waals surface area contributed by atoms with E-state index in [0.717, 1.165) is 0 Å². The fourth-order valence-corrected chi connectivity index (χ4v) is 0. The van der Waals surface area contributed by atoms with Crippen LogP contribution < -0.4 is 0 Å². The van der Waals surface area contributed by atoms with E-state index in [0.29, 0.717) is 0 Å². The van der Waals surface area contributed by atoms with Crippen molar-refractivity contribution in [1.29, 1.82) is 0 Å². The number of hydrogen-bond acceptors (Lipinski definition) is 8. The number of nitrogens with zero attached hydrogens (tertiary/aromatic N) is 2. The molecule has 0 amide bonds. The Balaban J connectivity index is -0.0000000389. The second kappa shape index (κ2) is 22.4. The van der Waals surface area contributed by atoms with Crippen LogP contribution in [0.1, 0.15) is 0 Å². The summed E-state index contributed by atoms with van der Waals surface area (Å²) in [6.45, 7) is 0. The Labute approximate surface area is 107 Å². The minimum Gasteiger partial charge on any atom is -0.356 e. The van der Waals surface area contributed by atoms with Gasteiger partial charge in [-0.15, -0.1) is 0 Å². The van der Waals surface area contributed by atoms with E-state index in [4.69, 9.17) is 39.6 Å². The average molecular weight is 321 g/mol. The zero-order valence-electron chi connectivity index (χ0n) is 5.37. The predicted octanol–water partition coefficient (Wildman–Crippen LogP) is -1.48. The predicted molar refractivity (Wildman–Crippen MR) is 33.6 cm³/mol. The first-order valence-corrected chi connectivity index (χ1v) is 2.32. The van der Waals surface area contributed by atoms with Crippen molar-refractivity contribution in [3.8, 4) is 0 Å². The van der Waals surface area contributed by atoms with Gasteiger partial charge in [-0.25, -0.2) is 0 Å². The molecule has 0 aromatic carbocycles. The normalized spacial score (nSPS) is 4.67. The van der Waals surface area contributed by atoms with Crippen LogP contribution in [0, 0.1) is 30.6 Å². The van der Waals surface area contributed by atoms with E-state index in [9.17, 15) is 0 Å². The maximum Gasteiger partial charge on any atom is 2.00 e. The summed E-state index contributed by atoms with van der Waals surface area (Å²) in [5.41, 5.74) is 0. The van der Waals surface area contributed by atoms with Gasteiger partial charge in [0.05, 0.1) is 10.2 Å². The van der Waals surface area contributed by atoms with Gasteiger partial charge < -0.3 is 30.6 Å². The third kappa shape index (κ3) is 16900. The van der Waals surface area contributed by atoms with E-state index in [1.165, 1.54) is 0 Å². The summed E-state index contributed by atoms with van der Waals surface area (Å²) in [5.74, 6) is 0. The fourth-order valence-electron chi connectivity index (χ4n) is 0. The molecule has 0 aliphatic heterocycles. The molecule has 0 unspecified atom stereocenters. The second-order valence-corrected chi connectivity index (χ2v) is 0.697. The van der Waals surface area contributed by atoms with Crippen molar-refractivity contribution in [2.24, 2.45) is 0 Å². The standard InChI is InChI=1S/Ba.2NO3.O2Si/c;2*2-1(3)4;1-3-2/q+2;2*-1;. The van der Waals surface area contributed by atoms with Crippen molar-refractivity contribution in [2.45, 2.75) is 0 Å². The summed E-state index contributed by atoms with van der Waals surface area (Å²) in [7, 11) is -1.42. The zero-order chi connectivity index (χ0) is 9.86. The molecule has 0 fully saturated rings. The van der Waals surface area contributed by atoms with Crippen molar-refractivity contribution in [2.75, 3.05) is 0 Å². The first-order valence-electron chi connectivity index (χ1n) is 1.50. The SMILES string of the molecule is O=[N+]([O-])[O-].O=[N+]([O-])[O-].O=[Si]=O.[Ba+2]. The van der Waals surface area contributed by atoms with Crippen LogP contribution in [0.5, 0.6) is 0 Å². The van der Waals surface area contributed by atoms with Gasteiger partial charge in [0, 0.05) is 0 Å². The van der Waals surface area contributed by atoms with Crippen LogP contribution >= 0.6 is 0 Å². The molecule has 0 rings (SSSR count). The smallest absolute Gasteiger partial charge is 0.356 e. The molecule has 0 saturated heterocycles. The van der Waals surface area contributed by atoms with Crippen LogP contribution in [0.3, 0.4) is 0 Å². The van der Waals surface area contributed by atoms with E-state index in [-0.39, 0.29) is 48.9 Å². The Bertz CT molecular complexity index is 129. The van der Waals surface area contributed by atoms with Crippen molar-refractivity contribution in [3.05, 3.63) is 30.6 Å². The molecule has 64 valence electrons. The van der Waals surface area contributed by atoms with E-state index >= 15 is 0 Å². The molecule has 10 nitrogen and oxygen atoms in total. The Morgan fingerprint density at radius 3 is 0.833 bits per heavy atom. The first-order chi connectivity index (χ1) is 4.88. The molecule has 0 saturated carbocycles. The molecule has 12 heavy (non-hydrogen) atoms. The molecule has 0 heterocycles. The van der Waals surface area contributed by atoms with Crippen LogP contribution in [0.15, 0.2) is 0 Å².